The Balaban J connectivity index is 0.000000174. The minimum Gasteiger partial charge on any atom is -0.384 e. The van der Waals surface area contributed by atoms with E-state index in [0.717, 1.165) is 62.8 Å². The van der Waals surface area contributed by atoms with Crippen molar-refractivity contribution in [2.45, 2.75) is 88.9 Å². The van der Waals surface area contributed by atoms with Crippen molar-refractivity contribution in [2.24, 2.45) is 0 Å². The van der Waals surface area contributed by atoms with Gasteiger partial charge in [0.1, 0.15) is 11.6 Å². The molecule has 8 aromatic rings. The first kappa shape index (κ1) is 46.4. The van der Waals surface area contributed by atoms with Crippen molar-refractivity contribution in [3.8, 4) is 11.4 Å². The molecule has 0 radical (unpaired) electrons. The summed E-state index contributed by atoms with van der Waals surface area (Å²) in [5.74, 6) is 1.02. The van der Waals surface area contributed by atoms with Crippen LogP contribution >= 0.6 is 10.7 Å². The van der Waals surface area contributed by atoms with Crippen molar-refractivity contribution in [1.29, 1.82) is 0 Å². The molecule has 0 aliphatic rings. The highest BCUT2D eigenvalue weighted by Crippen LogP contribution is 2.31. The van der Waals surface area contributed by atoms with Crippen molar-refractivity contribution in [2.75, 3.05) is 10.5 Å². The van der Waals surface area contributed by atoms with Crippen LogP contribution < -0.4 is 10.5 Å². The van der Waals surface area contributed by atoms with Gasteiger partial charge in [-0.15, -0.1) is 0 Å². The van der Waals surface area contributed by atoms with Crippen molar-refractivity contribution in [1.82, 2.24) is 29.5 Å². The number of halogens is 1. The second-order valence-corrected chi connectivity index (χ2v) is 20.7. The molecular formula is C48H53ClN8O4S2. The van der Waals surface area contributed by atoms with Crippen LogP contribution in [-0.2, 0) is 29.9 Å². The quantitative estimate of drug-likeness (QED) is 0.127. The molecule has 4 aromatic carbocycles. The van der Waals surface area contributed by atoms with Gasteiger partial charge in [-0.25, -0.2) is 26.2 Å². The summed E-state index contributed by atoms with van der Waals surface area (Å²) in [6, 6.07) is 36.8. The molecule has 0 saturated heterocycles. The molecule has 328 valence electrons. The highest BCUT2D eigenvalue weighted by Gasteiger charge is 2.23. The number of anilines is 2. The zero-order chi connectivity index (χ0) is 45.7. The molecule has 8 rings (SSSR count). The van der Waals surface area contributed by atoms with Crippen molar-refractivity contribution >= 4 is 63.2 Å². The van der Waals surface area contributed by atoms with E-state index in [1.54, 1.807) is 52.1 Å². The fourth-order valence-electron chi connectivity index (χ4n) is 6.77. The Kier molecular flexibility index (Phi) is 13.8. The third-order valence-corrected chi connectivity index (χ3v) is 14.0. The minimum absolute atomic E-state index is 0.00610. The van der Waals surface area contributed by atoms with Crippen LogP contribution in [0, 0.1) is 13.8 Å². The van der Waals surface area contributed by atoms with Crippen LogP contribution in [-0.4, -0.2) is 46.4 Å². The Morgan fingerprint density at radius 1 is 0.603 bits per heavy atom. The van der Waals surface area contributed by atoms with E-state index in [-0.39, 0.29) is 20.6 Å². The Hall–Kier alpha value is -6.09. The number of nitrogens with one attached hydrogen (secondary N) is 1. The lowest BCUT2D eigenvalue weighted by molar-refractivity contribution is 0.505. The molecule has 0 unspecified atom stereocenters. The summed E-state index contributed by atoms with van der Waals surface area (Å²) >= 11 is 0. The number of hydrogen-bond donors (Lipinski definition) is 2. The van der Waals surface area contributed by atoms with E-state index in [9.17, 15) is 16.8 Å². The topological polar surface area (TPSA) is 168 Å². The molecule has 4 aromatic heterocycles. The maximum Gasteiger partial charge on any atom is 0.263 e. The zero-order valence-electron chi connectivity index (χ0n) is 36.7. The van der Waals surface area contributed by atoms with Gasteiger partial charge in [-0.1, -0.05) is 77.9 Å². The fourth-order valence-corrected chi connectivity index (χ4v) is 8.57. The first-order valence-corrected chi connectivity index (χ1v) is 24.3. The number of sulfonamides is 1. The molecule has 15 heteroatoms. The van der Waals surface area contributed by atoms with Gasteiger partial charge in [-0.2, -0.15) is 10.2 Å². The lowest BCUT2D eigenvalue weighted by Gasteiger charge is -2.23. The van der Waals surface area contributed by atoms with E-state index in [2.05, 4.69) is 66.4 Å². The fraction of sp³-hybridized carbons (Fsp3) is 0.250. The minimum atomic E-state index is -3.78. The van der Waals surface area contributed by atoms with E-state index in [4.69, 9.17) is 16.4 Å². The van der Waals surface area contributed by atoms with Gasteiger partial charge in [0.25, 0.3) is 19.1 Å². The average Bonchev–Trinajstić information content (AvgIpc) is 3.81. The molecule has 0 saturated carbocycles. The van der Waals surface area contributed by atoms with E-state index >= 15 is 0 Å². The van der Waals surface area contributed by atoms with E-state index in [1.165, 1.54) is 0 Å². The van der Waals surface area contributed by atoms with Crippen LogP contribution in [0.1, 0.15) is 76.9 Å². The highest BCUT2D eigenvalue weighted by atomic mass is 35.7. The van der Waals surface area contributed by atoms with Gasteiger partial charge in [0.15, 0.2) is 0 Å². The largest absolute Gasteiger partial charge is 0.384 e. The van der Waals surface area contributed by atoms with Gasteiger partial charge in [-0.05, 0) is 121 Å². The molecule has 12 nitrogen and oxygen atoms in total. The van der Waals surface area contributed by atoms with Crippen LogP contribution in [0.5, 0.6) is 0 Å². The van der Waals surface area contributed by atoms with Crippen LogP contribution in [0.4, 0.5) is 11.6 Å². The van der Waals surface area contributed by atoms with Crippen LogP contribution in [0.2, 0.25) is 0 Å². The SMILES string of the molecule is CCC(C)(C)c1ccc(S(=O)(=O)Cl)cc1.CCC(C)(C)c1ccc(S(=O)(=O)Nc2cc(C)nn2-c2cccc3ncccc23)cc1.Cc1cc(N)n(-c2cccc3ncccc23)n1. The first-order chi connectivity index (χ1) is 29.7. The highest BCUT2D eigenvalue weighted by molar-refractivity contribution is 8.13. The van der Waals surface area contributed by atoms with E-state index in [0.29, 0.717) is 17.3 Å². The van der Waals surface area contributed by atoms with Crippen molar-refractivity contribution < 1.29 is 16.8 Å². The average molecular weight is 906 g/mol. The van der Waals surface area contributed by atoms with Gasteiger partial charge in [0, 0.05) is 46.0 Å². The molecule has 0 atom stereocenters. The Labute approximate surface area is 374 Å². The van der Waals surface area contributed by atoms with Crippen molar-refractivity contribution in [3.05, 3.63) is 156 Å². The smallest absolute Gasteiger partial charge is 0.263 e. The molecule has 0 amide bonds. The number of hydrogen-bond acceptors (Lipinski definition) is 9. The summed E-state index contributed by atoms with van der Waals surface area (Å²) in [6.45, 7) is 16.5. The van der Waals surface area contributed by atoms with Gasteiger partial charge >= 0.3 is 0 Å². The van der Waals surface area contributed by atoms with Gasteiger partial charge < -0.3 is 5.73 Å². The number of nitrogen functional groups attached to an aromatic ring is 1. The molecule has 0 fully saturated rings. The zero-order valence-corrected chi connectivity index (χ0v) is 39.1. The molecule has 0 aliphatic carbocycles. The lowest BCUT2D eigenvalue weighted by atomic mass is 9.82. The van der Waals surface area contributed by atoms with E-state index in [1.807, 2.05) is 105 Å². The summed E-state index contributed by atoms with van der Waals surface area (Å²) < 4.78 is 54.4. The maximum atomic E-state index is 13.1. The predicted octanol–water partition coefficient (Wildman–Crippen LogP) is 10.8. The number of nitrogens with two attached hydrogens (primary N) is 1. The predicted molar refractivity (Wildman–Crippen MR) is 255 cm³/mol. The molecule has 3 N–H and O–H groups in total. The summed E-state index contributed by atoms with van der Waals surface area (Å²) in [7, 11) is -2.15. The Morgan fingerprint density at radius 3 is 1.49 bits per heavy atom. The summed E-state index contributed by atoms with van der Waals surface area (Å²) in [4.78, 5) is 9.07. The van der Waals surface area contributed by atoms with Crippen LogP contribution in [0.3, 0.4) is 0 Å². The van der Waals surface area contributed by atoms with Crippen LogP contribution in [0.25, 0.3) is 33.2 Å². The number of aryl methyl sites for hydroxylation is 2. The summed E-state index contributed by atoms with van der Waals surface area (Å²) in [5.41, 5.74) is 13.3. The number of nitrogens with zero attached hydrogens (tertiary/aromatic N) is 6. The summed E-state index contributed by atoms with van der Waals surface area (Å²) in [6.07, 6.45) is 5.48. The third-order valence-electron chi connectivity index (χ3n) is 11.3. The number of pyridine rings is 2. The molecule has 0 spiro atoms. The molecule has 4 heterocycles. The number of rotatable bonds is 10. The first-order valence-electron chi connectivity index (χ1n) is 20.5. The van der Waals surface area contributed by atoms with Gasteiger partial charge in [0.2, 0.25) is 0 Å². The Bertz CT molecular complexity index is 3080. The second kappa shape index (κ2) is 18.7. The van der Waals surface area contributed by atoms with Crippen molar-refractivity contribution in [3.63, 3.8) is 0 Å². The number of benzene rings is 4. The normalized spacial score (nSPS) is 12.0. The summed E-state index contributed by atoms with van der Waals surface area (Å²) in [5, 5.41) is 10.9. The molecule has 0 bridgehead atoms. The standard InChI is InChI=1S/C24H26N4O2S.C13H12N4.C11H15ClO2S/c1-5-24(3,4)18-11-13-19(14-12-18)31(29,30)27-23-16-17(2)26-28(23)22-10-6-9-21-20(22)8-7-15-25-21;1-9-8-13(14)17(16-9)12-6-2-5-11-10(12)4-3-7-15-11;1-4-11(2,3)9-5-7-10(8-6-9)15(12,13)14/h6-16,27H,5H2,1-4H3;2-8H,14H2,1H3;5-8H,4H2,1-3H3. The maximum absolute atomic E-state index is 13.1. The van der Waals surface area contributed by atoms with Gasteiger partial charge in [-0.3, -0.25) is 14.7 Å². The van der Waals surface area contributed by atoms with Gasteiger partial charge in [0.05, 0.1) is 43.6 Å². The molecule has 63 heavy (non-hydrogen) atoms. The number of aromatic nitrogens is 6. The number of fused-ring (bicyclic) bond motifs is 2. The second-order valence-electron chi connectivity index (χ2n) is 16.5. The lowest BCUT2D eigenvalue weighted by Crippen LogP contribution is -2.18. The molecule has 0 aliphatic heterocycles. The third kappa shape index (κ3) is 10.8. The van der Waals surface area contributed by atoms with Crippen LogP contribution in [0.15, 0.2) is 144 Å². The molecular weight excluding hydrogens is 852 g/mol. The Morgan fingerprint density at radius 2 is 1.05 bits per heavy atom. The monoisotopic (exact) mass is 904 g/mol. The van der Waals surface area contributed by atoms with E-state index < -0.39 is 19.1 Å².